The SMILES string of the molecule is Cl.Fc1ccc(C2CCNC2)c(C(F)(F)F)c1. The molecule has 1 aromatic rings. The third kappa shape index (κ3) is 3.10. The van der Waals surface area contributed by atoms with Crippen molar-refractivity contribution in [3.8, 4) is 0 Å². The molecule has 6 heteroatoms. The second-order valence-corrected chi connectivity index (χ2v) is 3.92. The number of hydrogen-bond acceptors (Lipinski definition) is 1. The molecule has 1 fully saturated rings. The van der Waals surface area contributed by atoms with Crippen LogP contribution in [0.15, 0.2) is 18.2 Å². The minimum absolute atomic E-state index is 0. The molecule has 1 unspecified atom stereocenters. The van der Waals surface area contributed by atoms with Crippen LogP contribution in [0, 0.1) is 5.82 Å². The van der Waals surface area contributed by atoms with Crippen LogP contribution < -0.4 is 5.32 Å². The molecule has 0 bridgehead atoms. The standard InChI is InChI=1S/C11H11F4N.ClH/c12-8-1-2-9(7-3-4-16-6-7)10(5-8)11(13,14)15;/h1-2,5,7,16H,3-4,6H2;1H. The molecule has 0 aromatic heterocycles. The quantitative estimate of drug-likeness (QED) is 0.771. The highest BCUT2D eigenvalue weighted by molar-refractivity contribution is 5.85. The normalized spacial score (nSPS) is 20.1. The van der Waals surface area contributed by atoms with Gasteiger partial charge in [0.2, 0.25) is 0 Å². The van der Waals surface area contributed by atoms with Gasteiger partial charge in [0.05, 0.1) is 5.56 Å². The van der Waals surface area contributed by atoms with Gasteiger partial charge in [-0.1, -0.05) is 6.07 Å². The minimum Gasteiger partial charge on any atom is -0.316 e. The fourth-order valence-electron chi connectivity index (χ4n) is 2.05. The van der Waals surface area contributed by atoms with Crippen molar-refractivity contribution in [2.45, 2.75) is 18.5 Å². The van der Waals surface area contributed by atoms with Crippen molar-refractivity contribution >= 4 is 12.4 Å². The van der Waals surface area contributed by atoms with Crippen molar-refractivity contribution in [2.75, 3.05) is 13.1 Å². The third-order valence-electron chi connectivity index (χ3n) is 2.82. The summed E-state index contributed by atoms with van der Waals surface area (Å²) in [6.07, 6.45) is -3.82. The van der Waals surface area contributed by atoms with E-state index in [0.717, 1.165) is 6.07 Å². The van der Waals surface area contributed by atoms with Gasteiger partial charge in [0.1, 0.15) is 5.82 Å². The van der Waals surface area contributed by atoms with Crippen LogP contribution in [0.4, 0.5) is 17.6 Å². The molecule has 1 heterocycles. The van der Waals surface area contributed by atoms with Crippen LogP contribution in [0.3, 0.4) is 0 Å². The lowest BCUT2D eigenvalue weighted by Gasteiger charge is -2.17. The van der Waals surface area contributed by atoms with Gasteiger partial charge >= 0.3 is 6.18 Å². The van der Waals surface area contributed by atoms with Gasteiger partial charge in [0, 0.05) is 6.54 Å². The van der Waals surface area contributed by atoms with Crippen molar-refractivity contribution in [1.82, 2.24) is 5.32 Å². The Bertz CT molecular complexity index is 386. The number of alkyl halides is 3. The second kappa shape index (κ2) is 5.23. The molecule has 96 valence electrons. The fourth-order valence-corrected chi connectivity index (χ4v) is 2.05. The van der Waals surface area contributed by atoms with Crippen molar-refractivity contribution in [2.24, 2.45) is 0 Å². The van der Waals surface area contributed by atoms with Crippen molar-refractivity contribution in [3.63, 3.8) is 0 Å². The maximum Gasteiger partial charge on any atom is 0.416 e. The molecule has 1 nitrogen and oxygen atoms in total. The molecule has 0 spiro atoms. The molecule has 1 aliphatic heterocycles. The predicted octanol–water partition coefficient (Wildman–Crippen LogP) is 3.34. The van der Waals surface area contributed by atoms with E-state index in [0.29, 0.717) is 25.6 Å². The van der Waals surface area contributed by atoms with Crippen LogP contribution >= 0.6 is 12.4 Å². The highest BCUT2D eigenvalue weighted by Crippen LogP contribution is 2.37. The number of nitrogens with one attached hydrogen (secondary N) is 1. The second-order valence-electron chi connectivity index (χ2n) is 3.92. The van der Waals surface area contributed by atoms with Gasteiger partial charge < -0.3 is 5.32 Å². The average Bonchev–Trinajstić information content (AvgIpc) is 2.69. The molecular formula is C11H12ClF4N. The molecule has 0 saturated carbocycles. The Hall–Kier alpha value is -0.810. The Labute approximate surface area is 103 Å². The first-order valence-corrected chi connectivity index (χ1v) is 5.06. The van der Waals surface area contributed by atoms with E-state index in [1.54, 1.807) is 0 Å². The Morgan fingerprint density at radius 1 is 1.24 bits per heavy atom. The van der Waals surface area contributed by atoms with Crippen molar-refractivity contribution < 1.29 is 17.6 Å². The molecule has 1 aliphatic rings. The highest BCUT2D eigenvalue weighted by Gasteiger charge is 2.36. The van der Waals surface area contributed by atoms with Crippen LogP contribution in [-0.2, 0) is 6.18 Å². The average molecular weight is 270 g/mol. The molecule has 1 atom stereocenters. The Kier molecular flexibility index (Phi) is 4.38. The lowest BCUT2D eigenvalue weighted by atomic mass is 9.93. The molecule has 1 saturated heterocycles. The van der Waals surface area contributed by atoms with E-state index < -0.39 is 17.6 Å². The van der Waals surface area contributed by atoms with Crippen LogP contribution in [-0.4, -0.2) is 13.1 Å². The number of rotatable bonds is 1. The minimum atomic E-state index is -4.49. The smallest absolute Gasteiger partial charge is 0.316 e. The van der Waals surface area contributed by atoms with Gasteiger partial charge in [-0.05, 0) is 36.6 Å². The molecule has 2 rings (SSSR count). The highest BCUT2D eigenvalue weighted by atomic mass is 35.5. The van der Waals surface area contributed by atoms with Gasteiger partial charge in [-0.3, -0.25) is 0 Å². The van der Waals surface area contributed by atoms with E-state index in [9.17, 15) is 17.6 Å². The largest absolute Gasteiger partial charge is 0.416 e. The third-order valence-corrected chi connectivity index (χ3v) is 2.82. The van der Waals surface area contributed by atoms with Crippen LogP contribution in [0.2, 0.25) is 0 Å². The monoisotopic (exact) mass is 269 g/mol. The van der Waals surface area contributed by atoms with E-state index in [2.05, 4.69) is 5.32 Å². The zero-order chi connectivity index (χ0) is 11.8. The van der Waals surface area contributed by atoms with E-state index in [4.69, 9.17) is 0 Å². The maximum atomic E-state index is 12.8. The summed E-state index contributed by atoms with van der Waals surface area (Å²) in [5, 5.41) is 3.00. The van der Waals surface area contributed by atoms with E-state index in [1.165, 1.54) is 6.07 Å². The van der Waals surface area contributed by atoms with E-state index in [-0.39, 0.29) is 23.9 Å². The first-order valence-electron chi connectivity index (χ1n) is 5.06. The van der Waals surface area contributed by atoms with Crippen molar-refractivity contribution in [3.05, 3.63) is 35.1 Å². The van der Waals surface area contributed by atoms with Crippen LogP contribution in [0.1, 0.15) is 23.5 Å². The van der Waals surface area contributed by atoms with Gasteiger partial charge in [0.25, 0.3) is 0 Å². The lowest BCUT2D eigenvalue weighted by Crippen LogP contribution is -2.14. The first-order chi connectivity index (χ1) is 7.48. The molecule has 1 aromatic carbocycles. The summed E-state index contributed by atoms with van der Waals surface area (Å²) in [6.45, 7) is 1.23. The number of benzene rings is 1. The molecule has 17 heavy (non-hydrogen) atoms. The zero-order valence-electron chi connectivity index (χ0n) is 8.85. The van der Waals surface area contributed by atoms with E-state index in [1.807, 2.05) is 0 Å². The molecule has 0 aliphatic carbocycles. The van der Waals surface area contributed by atoms with Gasteiger partial charge in [-0.2, -0.15) is 13.2 Å². The van der Waals surface area contributed by atoms with Crippen LogP contribution in [0.25, 0.3) is 0 Å². The van der Waals surface area contributed by atoms with Gasteiger partial charge in [-0.15, -0.1) is 12.4 Å². The maximum absolute atomic E-state index is 12.8. The summed E-state index contributed by atoms with van der Waals surface area (Å²) in [4.78, 5) is 0. The molecule has 1 N–H and O–H groups in total. The summed E-state index contributed by atoms with van der Waals surface area (Å²) in [5.74, 6) is -1.01. The predicted molar refractivity (Wildman–Crippen MR) is 58.9 cm³/mol. The summed E-state index contributed by atoms with van der Waals surface area (Å²) in [7, 11) is 0. The summed E-state index contributed by atoms with van der Waals surface area (Å²) >= 11 is 0. The summed E-state index contributed by atoms with van der Waals surface area (Å²) < 4.78 is 50.9. The Morgan fingerprint density at radius 3 is 2.47 bits per heavy atom. The van der Waals surface area contributed by atoms with E-state index >= 15 is 0 Å². The topological polar surface area (TPSA) is 12.0 Å². The zero-order valence-corrected chi connectivity index (χ0v) is 9.67. The first kappa shape index (κ1) is 14.3. The molecular weight excluding hydrogens is 258 g/mol. The Balaban J connectivity index is 0.00000144. The van der Waals surface area contributed by atoms with Gasteiger partial charge in [-0.25, -0.2) is 4.39 Å². The summed E-state index contributed by atoms with van der Waals surface area (Å²) in [6, 6.07) is 2.91. The number of hydrogen-bond donors (Lipinski definition) is 1. The van der Waals surface area contributed by atoms with Crippen molar-refractivity contribution in [1.29, 1.82) is 0 Å². The van der Waals surface area contributed by atoms with Crippen LogP contribution in [0.5, 0.6) is 0 Å². The van der Waals surface area contributed by atoms with Gasteiger partial charge in [0.15, 0.2) is 0 Å². The molecule has 0 amide bonds. The summed E-state index contributed by atoms with van der Waals surface area (Å²) in [5.41, 5.74) is -0.653. The fraction of sp³-hybridized carbons (Fsp3) is 0.455. The number of halogens is 5. The molecule has 0 radical (unpaired) electrons. The lowest BCUT2D eigenvalue weighted by molar-refractivity contribution is -0.138. The Morgan fingerprint density at radius 2 is 1.94 bits per heavy atom.